The molecule has 3 rings (SSSR count). The van der Waals surface area contributed by atoms with Gasteiger partial charge in [-0.2, -0.15) is 0 Å². The van der Waals surface area contributed by atoms with Gasteiger partial charge in [0.25, 0.3) is 11.8 Å². The van der Waals surface area contributed by atoms with E-state index in [4.69, 9.17) is 0 Å². The molecule has 2 aromatic carbocycles. The zero-order chi connectivity index (χ0) is 17.6. The second-order valence-corrected chi connectivity index (χ2v) is 6.17. The van der Waals surface area contributed by atoms with E-state index in [2.05, 4.69) is 5.32 Å². The maximum Gasteiger partial charge on any atom is 0.261 e. The number of amides is 2. The zero-order valence-corrected chi connectivity index (χ0v) is 14.0. The van der Waals surface area contributed by atoms with Crippen LogP contribution in [0.4, 0.5) is 4.39 Å². The van der Waals surface area contributed by atoms with E-state index in [9.17, 15) is 14.0 Å². The van der Waals surface area contributed by atoms with Gasteiger partial charge in [-0.3, -0.25) is 14.5 Å². The Morgan fingerprint density at radius 1 is 0.840 bits per heavy atom. The van der Waals surface area contributed by atoms with Crippen molar-refractivity contribution >= 4 is 11.8 Å². The summed E-state index contributed by atoms with van der Waals surface area (Å²) in [4.78, 5) is 25.8. The van der Waals surface area contributed by atoms with Crippen LogP contribution in [0.2, 0.25) is 0 Å². The fraction of sp³-hybridized carbons (Fsp3) is 0.300. The summed E-state index contributed by atoms with van der Waals surface area (Å²) >= 11 is 0. The Kier molecular flexibility index (Phi) is 5.56. The van der Waals surface area contributed by atoms with Crippen molar-refractivity contribution in [1.29, 1.82) is 0 Å². The van der Waals surface area contributed by atoms with Crippen molar-refractivity contribution in [1.82, 2.24) is 10.2 Å². The van der Waals surface area contributed by atoms with E-state index in [0.29, 0.717) is 24.2 Å². The number of carbonyl (C=O) groups is 2. The van der Waals surface area contributed by atoms with Gasteiger partial charge in [-0.15, -0.1) is 0 Å². The molecule has 0 fully saturated rings. The van der Waals surface area contributed by atoms with E-state index >= 15 is 0 Å². The van der Waals surface area contributed by atoms with E-state index in [1.54, 1.807) is 36.4 Å². The Labute approximate surface area is 146 Å². The van der Waals surface area contributed by atoms with Crippen LogP contribution in [0.25, 0.3) is 0 Å². The fourth-order valence-electron chi connectivity index (χ4n) is 2.97. The molecule has 0 bridgehead atoms. The van der Waals surface area contributed by atoms with Crippen LogP contribution >= 0.6 is 0 Å². The van der Waals surface area contributed by atoms with Gasteiger partial charge in [-0.1, -0.05) is 30.7 Å². The van der Waals surface area contributed by atoms with E-state index < -0.39 is 0 Å². The molecule has 0 aliphatic carbocycles. The molecule has 0 saturated heterocycles. The Morgan fingerprint density at radius 3 is 2.12 bits per heavy atom. The number of benzene rings is 2. The lowest BCUT2D eigenvalue weighted by molar-refractivity contribution is 0.0651. The van der Waals surface area contributed by atoms with Crippen molar-refractivity contribution in [3.63, 3.8) is 0 Å². The third kappa shape index (κ3) is 4.12. The van der Waals surface area contributed by atoms with Gasteiger partial charge in [0.2, 0.25) is 0 Å². The third-order valence-electron chi connectivity index (χ3n) is 4.36. The Hall–Kier alpha value is -2.53. The number of nitrogens with one attached hydrogen (secondary N) is 1. The van der Waals surface area contributed by atoms with Gasteiger partial charge in [0, 0.05) is 13.1 Å². The highest BCUT2D eigenvalue weighted by atomic mass is 19.1. The van der Waals surface area contributed by atoms with Crippen molar-refractivity contribution in [2.45, 2.75) is 25.8 Å². The first-order valence-electron chi connectivity index (χ1n) is 8.57. The molecule has 4 nitrogen and oxygen atoms in total. The minimum Gasteiger partial charge on any atom is -0.313 e. The molecule has 2 aromatic rings. The maximum atomic E-state index is 12.8. The molecule has 0 radical (unpaired) electrons. The first-order valence-corrected chi connectivity index (χ1v) is 8.57. The molecule has 0 saturated carbocycles. The summed E-state index contributed by atoms with van der Waals surface area (Å²) in [7, 11) is 0. The summed E-state index contributed by atoms with van der Waals surface area (Å²) in [5, 5.41) is 3.31. The van der Waals surface area contributed by atoms with Gasteiger partial charge < -0.3 is 5.32 Å². The SMILES string of the molecule is O=C1c2ccccc2C(=O)N1CCCCCNCc1ccc(F)cc1. The van der Waals surface area contributed by atoms with Crippen LogP contribution in [0.5, 0.6) is 0 Å². The number of unbranched alkanes of at least 4 members (excludes halogenated alkanes) is 2. The number of halogens is 1. The number of nitrogens with zero attached hydrogens (tertiary/aromatic N) is 1. The van der Waals surface area contributed by atoms with Crippen molar-refractivity contribution in [3.8, 4) is 0 Å². The molecule has 0 aromatic heterocycles. The molecule has 1 aliphatic heterocycles. The van der Waals surface area contributed by atoms with Crippen LogP contribution in [0.3, 0.4) is 0 Å². The zero-order valence-electron chi connectivity index (χ0n) is 14.0. The fourth-order valence-corrected chi connectivity index (χ4v) is 2.97. The second-order valence-electron chi connectivity index (χ2n) is 6.17. The average Bonchev–Trinajstić information content (AvgIpc) is 2.87. The normalized spacial score (nSPS) is 13.4. The standard InChI is InChI=1S/C20H21FN2O2/c21-16-10-8-15(9-11-16)14-22-12-4-1-5-13-23-19(24)17-6-2-3-7-18(17)20(23)25/h2-3,6-11,22H,1,4-5,12-14H2. The van der Waals surface area contributed by atoms with Gasteiger partial charge in [0.05, 0.1) is 11.1 Å². The van der Waals surface area contributed by atoms with E-state index in [-0.39, 0.29) is 17.6 Å². The number of hydrogen-bond donors (Lipinski definition) is 1. The highest BCUT2D eigenvalue weighted by molar-refractivity contribution is 6.21. The molecule has 0 spiro atoms. The van der Waals surface area contributed by atoms with E-state index in [1.807, 2.05) is 0 Å². The van der Waals surface area contributed by atoms with Crippen molar-refractivity contribution < 1.29 is 14.0 Å². The molecular formula is C20H21FN2O2. The topological polar surface area (TPSA) is 49.4 Å². The minimum atomic E-state index is -0.225. The summed E-state index contributed by atoms with van der Waals surface area (Å²) in [6.45, 7) is 2.02. The van der Waals surface area contributed by atoms with Crippen molar-refractivity contribution in [3.05, 3.63) is 71.0 Å². The Bertz CT molecular complexity index is 724. The monoisotopic (exact) mass is 340 g/mol. The maximum absolute atomic E-state index is 12.8. The molecule has 2 amide bonds. The average molecular weight is 340 g/mol. The van der Waals surface area contributed by atoms with Crippen LogP contribution < -0.4 is 5.32 Å². The van der Waals surface area contributed by atoms with Gasteiger partial charge in [-0.05, 0) is 49.2 Å². The largest absolute Gasteiger partial charge is 0.313 e. The molecular weight excluding hydrogens is 319 g/mol. The lowest BCUT2D eigenvalue weighted by Gasteiger charge is -2.13. The van der Waals surface area contributed by atoms with Crippen molar-refractivity contribution in [2.75, 3.05) is 13.1 Å². The smallest absolute Gasteiger partial charge is 0.261 e. The van der Waals surface area contributed by atoms with Crippen LogP contribution in [0, 0.1) is 5.82 Å². The molecule has 25 heavy (non-hydrogen) atoms. The molecule has 1 N–H and O–H groups in total. The molecule has 130 valence electrons. The molecule has 5 heteroatoms. The number of fused-ring (bicyclic) bond motifs is 1. The summed E-state index contributed by atoms with van der Waals surface area (Å²) in [5.74, 6) is -0.595. The van der Waals surface area contributed by atoms with Crippen LogP contribution in [0.15, 0.2) is 48.5 Å². The number of carbonyl (C=O) groups excluding carboxylic acids is 2. The molecule has 0 unspecified atom stereocenters. The quantitative estimate of drug-likeness (QED) is 0.592. The third-order valence-corrected chi connectivity index (χ3v) is 4.36. The van der Waals surface area contributed by atoms with Crippen LogP contribution in [-0.4, -0.2) is 29.8 Å². The van der Waals surface area contributed by atoms with E-state index in [0.717, 1.165) is 31.4 Å². The first-order chi connectivity index (χ1) is 12.2. The summed E-state index contributed by atoms with van der Waals surface area (Å²) < 4.78 is 12.8. The van der Waals surface area contributed by atoms with Crippen LogP contribution in [0.1, 0.15) is 45.5 Å². The van der Waals surface area contributed by atoms with E-state index in [1.165, 1.54) is 17.0 Å². The molecule has 1 aliphatic rings. The van der Waals surface area contributed by atoms with Gasteiger partial charge >= 0.3 is 0 Å². The lowest BCUT2D eigenvalue weighted by atomic mass is 10.1. The molecule has 0 atom stereocenters. The highest BCUT2D eigenvalue weighted by Crippen LogP contribution is 2.22. The van der Waals surface area contributed by atoms with Gasteiger partial charge in [0.15, 0.2) is 0 Å². The Morgan fingerprint density at radius 2 is 1.48 bits per heavy atom. The van der Waals surface area contributed by atoms with Gasteiger partial charge in [-0.25, -0.2) is 4.39 Å². The van der Waals surface area contributed by atoms with Crippen molar-refractivity contribution in [2.24, 2.45) is 0 Å². The summed E-state index contributed by atoms with van der Waals surface area (Å²) in [5.41, 5.74) is 2.06. The second kappa shape index (κ2) is 8.03. The lowest BCUT2D eigenvalue weighted by Crippen LogP contribution is -2.30. The highest BCUT2D eigenvalue weighted by Gasteiger charge is 2.34. The predicted molar refractivity (Wildman–Crippen MR) is 93.8 cm³/mol. The number of imide groups is 1. The minimum absolute atomic E-state index is 0.185. The van der Waals surface area contributed by atoms with Gasteiger partial charge in [0.1, 0.15) is 5.82 Å². The summed E-state index contributed by atoms with van der Waals surface area (Å²) in [6, 6.07) is 13.4. The predicted octanol–water partition coefficient (Wildman–Crippen LogP) is 3.38. The van der Waals surface area contributed by atoms with Crippen LogP contribution in [-0.2, 0) is 6.54 Å². The first kappa shape index (κ1) is 17.3. The number of rotatable bonds is 8. The molecule has 1 heterocycles. The summed E-state index contributed by atoms with van der Waals surface area (Å²) in [6.07, 6.45) is 2.69. The Balaban J connectivity index is 1.33. The number of hydrogen-bond acceptors (Lipinski definition) is 3.